The van der Waals surface area contributed by atoms with Crippen molar-refractivity contribution < 1.29 is 5.11 Å². The quantitative estimate of drug-likeness (QED) is 0.858. The van der Waals surface area contributed by atoms with Crippen molar-refractivity contribution in [3.05, 3.63) is 52.3 Å². The highest BCUT2D eigenvalue weighted by Crippen LogP contribution is 2.36. The molecule has 0 fully saturated rings. The Labute approximate surface area is 144 Å². The average Bonchev–Trinajstić information content (AvgIpc) is 2.83. The molecule has 1 aromatic heterocycles. The number of aromatic nitrogens is 2. The average molecular weight is 327 g/mol. The Bertz CT molecular complexity index is 707. The predicted octanol–water partition coefficient (Wildman–Crippen LogP) is 2.88. The number of nitrogens with one attached hydrogen (secondary N) is 1. The van der Waals surface area contributed by atoms with Gasteiger partial charge in [-0.25, -0.2) is 0 Å². The number of rotatable bonds is 6. The third-order valence-corrected chi connectivity index (χ3v) is 5.50. The van der Waals surface area contributed by atoms with Gasteiger partial charge < -0.3 is 10.4 Å². The van der Waals surface area contributed by atoms with E-state index in [1.54, 1.807) is 0 Å². The lowest BCUT2D eigenvalue weighted by molar-refractivity contribution is 0.267. The third-order valence-electron chi connectivity index (χ3n) is 5.50. The molecule has 0 saturated carbocycles. The lowest BCUT2D eigenvalue weighted by atomic mass is 9.71. The Morgan fingerprint density at radius 3 is 2.88 bits per heavy atom. The largest absolute Gasteiger partial charge is 0.394 e. The zero-order chi connectivity index (χ0) is 17.2. The van der Waals surface area contributed by atoms with E-state index >= 15 is 0 Å². The molecule has 1 aliphatic carbocycles. The second-order valence-corrected chi connectivity index (χ2v) is 7.27. The van der Waals surface area contributed by atoms with E-state index in [1.807, 2.05) is 4.68 Å². The van der Waals surface area contributed by atoms with Crippen LogP contribution < -0.4 is 5.32 Å². The van der Waals surface area contributed by atoms with E-state index in [4.69, 9.17) is 5.11 Å². The maximum absolute atomic E-state index is 9.14. The summed E-state index contributed by atoms with van der Waals surface area (Å²) in [6.07, 6.45) is 3.71. The molecular weight excluding hydrogens is 298 g/mol. The number of nitrogens with zero attached hydrogens (tertiary/aromatic N) is 2. The fraction of sp³-hybridized carbons (Fsp3) is 0.550. The Balaban J connectivity index is 1.69. The van der Waals surface area contributed by atoms with E-state index in [1.165, 1.54) is 36.0 Å². The molecule has 0 aliphatic heterocycles. The fourth-order valence-corrected chi connectivity index (χ4v) is 4.08. The lowest BCUT2D eigenvalue weighted by Crippen LogP contribution is -2.38. The summed E-state index contributed by atoms with van der Waals surface area (Å²) in [5, 5.41) is 17.4. The number of benzene rings is 1. The minimum atomic E-state index is 0.129. The Hall–Kier alpha value is -1.65. The van der Waals surface area contributed by atoms with Gasteiger partial charge in [-0.3, -0.25) is 4.68 Å². The normalized spacial score (nSPS) is 20.2. The molecule has 0 radical (unpaired) electrons. The van der Waals surface area contributed by atoms with Crippen LogP contribution in [0.25, 0.3) is 0 Å². The van der Waals surface area contributed by atoms with Gasteiger partial charge in [-0.2, -0.15) is 5.10 Å². The number of aliphatic hydroxyl groups is 1. The topological polar surface area (TPSA) is 50.1 Å². The van der Waals surface area contributed by atoms with Crippen LogP contribution in [0.2, 0.25) is 0 Å². The molecule has 4 heteroatoms. The van der Waals surface area contributed by atoms with Crippen molar-refractivity contribution in [1.82, 2.24) is 15.1 Å². The zero-order valence-corrected chi connectivity index (χ0v) is 15.1. The molecule has 0 bridgehead atoms. The number of hydrogen-bond acceptors (Lipinski definition) is 3. The van der Waals surface area contributed by atoms with E-state index in [0.29, 0.717) is 6.54 Å². The van der Waals surface area contributed by atoms with Crippen LogP contribution >= 0.6 is 0 Å². The van der Waals surface area contributed by atoms with Gasteiger partial charge in [0.05, 0.1) is 18.8 Å². The highest BCUT2D eigenvalue weighted by Gasteiger charge is 2.31. The van der Waals surface area contributed by atoms with E-state index < -0.39 is 0 Å². The summed E-state index contributed by atoms with van der Waals surface area (Å²) in [5.74, 6) is 0. The SMILES string of the molecule is Cc1nn(CCO)c(C)c1CNCC1(C)CCCc2ccccc21. The molecule has 130 valence electrons. The second-order valence-electron chi connectivity index (χ2n) is 7.27. The van der Waals surface area contributed by atoms with Crippen molar-refractivity contribution in [2.45, 2.75) is 58.5 Å². The van der Waals surface area contributed by atoms with E-state index in [2.05, 4.69) is 55.5 Å². The summed E-state index contributed by atoms with van der Waals surface area (Å²) >= 11 is 0. The van der Waals surface area contributed by atoms with Gasteiger partial charge in [-0.1, -0.05) is 31.2 Å². The predicted molar refractivity (Wildman–Crippen MR) is 97.2 cm³/mol. The standard InChI is InChI=1S/C20H29N3O/c1-15-18(16(2)23(22-15)11-12-24)13-21-14-20(3)10-6-8-17-7-4-5-9-19(17)20/h4-5,7,9,21,24H,6,8,10-14H2,1-3H3. The molecule has 24 heavy (non-hydrogen) atoms. The van der Waals surface area contributed by atoms with Gasteiger partial charge in [0.15, 0.2) is 0 Å². The maximum Gasteiger partial charge on any atom is 0.0644 e. The van der Waals surface area contributed by atoms with Crippen LogP contribution in [0.15, 0.2) is 24.3 Å². The molecule has 1 heterocycles. The molecule has 0 saturated heterocycles. The maximum atomic E-state index is 9.14. The highest BCUT2D eigenvalue weighted by atomic mass is 16.3. The van der Waals surface area contributed by atoms with Crippen molar-refractivity contribution >= 4 is 0 Å². The van der Waals surface area contributed by atoms with Crippen molar-refractivity contribution in [1.29, 1.82) is 0 Å². The van der Waals surface area contributed by atoms with Gasteiger partial charge in [0.1, 0.15) is 0 Å². The molecule has 0 amide bonds. The third kappa shape index (κ3) is 3.26. The van der Waals surface area contributed by atoms with Crippen LogP contribution in [0.5, 0.6) is 0 Å². The summed E-state index contributed by atoms with van der Waals surface area (Å²) in [6.45, 7) is 9.03. The zero-order valence-electron chi connectivity index (χ0n) is 15.1. The van der Waals surface area contributed by atoms with Crippen molar-refractivity contribution in [2.24, 2.45) is 0 Å². The first-order valence-corrected chi connectivity index (χ1v) is 8.98. The summed E-state index contributed by atoms with van der Waals surface area (Å²) in [6, 6.07) is 8.89. The Kier molecular flexibility index (Phi) is 5.07. The first-order valence-electron chi connectivity index (χ1n) is 8.98. The van der Waals surface area contributed by atoms with Gasteiger partial charge >= 0.3 is 0 Å². The monoisotopic (exact) mass is 327 g/mol. The van der Waals surface area contributed by atoms with Crippen molar-refractivity contribution in [3.8, 4) is 0 Å². The van der Waals surface area contributed by atoms with Crippen LogP contribution in [0.4, 0.5) is 0 Å². The van der Waals surface area contributed by atoms with Gasteiger partial charge in [0.2, 0.25) is 0 Å². The van der Waals surface area contributed by atoms with Crippen LogP contribution in [0, 0.1) is 13.8 Å². The summed E-state index contributed by atoms with van der Waals surface area (Å²) in [4.78, 5) is 0. The first-order chi connectivity index (χ1) is 11.5. The first kappa shape index (κ1) is 17.2. The minimum Gasteiger partial charge on any atom is -0.394 e. The van der Waals surface area contributed by atoms with Crippen LogP contribution in [-0.4, -0.2) is 28.0 Å². The number of aryl methyl sites for hydroxylation is 2. The molecule has 3 rings (SSSR count). The van der Waals surface area contributed by atoms with E-state index in [0.717, 1.165) is 24.5 Å². The molecular formula is C20H29N3O. The van der Waals surface area contributed by atoms with Gasteiger partial charge in [-0.15, -0.1) is 0 Å². The Morgan fingerprint density at radius 1 is 1.29 bits per heavy atom. The van der Waals surface area contributed by atoms with Crippen molar-refractivity contribution in [2.75, 3.05) is 13.2 Å². The molecule has 4 nitrogen and oxygen atoms in total. The van der Waals surface area contributed by atoms with Gasteiger partial charge in [0.25, 0.3) is 0 Å². The number of hydrogen-bond donors (Lipinski definition) is 2. The van der Waals surface area contributed by atoms with Crippen molar-refractivity contribution in [3.63, 3.8) is 0 Å². The van der Waals surface area contributed by atoms with Crippen LogP contribution in [0.1, 0.15) is 47.8 Å². The van der Waals surface area contributed by atoms with Gasteiger partial charge in [-0.05, 0) is 44.2 Å². The molecule has 1 aliphatic rings. The molecule has 0 spiro atoms. The van der Waals surface area contributed by atoms with Gasteiger partial charge in [0, 0.05) is 29.8 Å². The van der Waals surface area contributed by atoms with E-state index in [9.17, 15) is 0 Å². The highest BCUT2D eigenvalue weighted by molar-refractivity contribution is 5.36. The Morgan fingerprint density at radius 2 is 2.08 bits per heavy atom. The molecule has 1 aromatic carbocycles. The summed E-state index contributed by atoms with van der Waals surface area (Å²) < 4.78 is 1.91. The fourth-order valence-electron chi connectivity index (χ4n) is 4.08. The summed E-state index contributed by atoms with van der Waals surface area (Å²) in [7, 11) is 0. The van der Waals surface area contributed by atoms with Crippen LogP contribution in [0.3, 0.4) is 0 Å². The summed E-state index contributed by atoms with van der Waals surface area (Å²) in [5.41, 5.74) is 6.70. The molecule has 2 aromatic rings. The van der Waals surface area contributed by atoms with E-state index in [-0.39, 0.29) is 12.0 Å². The van der Waals surface area contributed by atoms with Crippen LogP contribution in [-0.2, 0) is 24.9 Å². The number of aliphatic hydroxyl groups excluding tert-OH is 1. The number of fused-ring (bicyclic) bond motifs is 1. The smallest absolute Gasteiger partial charge is 0.0644 e. The molecule has 2 N–H and O–H groups in total. The molecule has 1 atom stereocenters. The lowest BCUT2D eigenvalue weighted by Gasteiger charge is -2.36. The second kappa shape index (κ2) is 7.08. The molecule has 1 unspecified atom stereocenters. The minimum absolute atomic E-state index is 0.129.